The molecule has 0 saturated heterocycles. The molecule has 1 aromatic heterocycles. The van der Waals surface area contributed by atoms with Crippen molar-refractivity contribution in [1.29, 1.82) is 0 Å². The van der Waals surface area contributed by atoms with Gasteiger partial charge in [-0.25, -0.2) is 9.59 Å². The van der Waals surface area contributed by atoms with Gasteiger partial charge in [0.25, 0.3) is 0 Å². The molecule has 4 rings (SSSR count). The Labute approximate surface area is 227 Å². The number of hydrogen-bond acceptors (Lipinski definition) is 4. The lowest BCUT2D eigenvalue weighted by atomic mass is 9.81. The SMILES string of the molecule is C#CC1/C=C\C[C@@H](C)Cc2c(C3CCCCC3)c3ccc(C(=O)OCCCC)cc3n2C/C(C(=O)OC)=C\1. The Kier molecular flexibility index (Phi) is 9.50. The second kappa shape index (κ2) is 13.0. The molecule has 0 N–H and O–H groups in total. The van der Waals surface area contributed by atoms with Crippen molar-refractivity contribution in [3.8, 4) is 12.3 Å². The third-order valence-electron chi connectivity index (χ3n) is 7.97. The predicted molar refractivity (Wildman–Crippen MR) is 152 cm³/mol. The molecule has 2 aromatic rings. The van der Waals surface area contributed by atoms with E-state index in [1.54, 1.807) is 0 Å². The van der Waals surface area contributed by atoms with Gasteiger partial charge in [0.15, 0.2) is 0 Å². The molecule has 1 aliphatic heterocycles. The first-order valence-corrected chi connectivity index (χ1v) is 14.2. The highest BCUT2D eigenvalue weighted by atomic mass is 16.5. The second-order valence-corrected chi connectivity index (χ2v) is 10.9. The third-order valence-corrected chi connectivity index (χ3v) is 7.97. The van der Waals surface area contributed by atoms with Gasteiger partial charge in [-0.3, -0.25) is 0 Å². The molecule has 1 aliphatic carbocycles. The number of terminal acetylenes is 1. The van der Waals surface area contributed by atoms with Crippen molar-refractivity contribution in [2.24, 2.45) is 11.8 Å². The maximum atomic E-state index is 12.9. The first-order valence-electron chi connectivity index (χ1n) is 14.2. The van der Waals surface area contributed by atoms with Crippen molar-refractivity contribution in [2.45, 2.75) is 84.1 Å². The number of aromatic nitrogens is 1. The van der Waals surface area contributed by atoms with E-state index in [-0.39, 0.29) is 17.9 Å². The predicted octanol–water partition coefficient (Wildman–Crippen LogP) is 7.13. The number of carbonyl (C=O) groups excluding carboxylic acids is 2. The van der Waals surface area contributed by atoms with Gasteiger partial charge in [0.1, 0.15) is 0 Å². The van der Waals surface area contributed by atoms with Gasteiger partial charge in [0, 0.05) is 16.6 Å². The van der Waals surface area contributed by atoms with Crippen LogP contribution in [0.5, 0.6) is 0 Å². The molecular formula is C33H41NO4. The van der Waals surface area contributed by atoms with Crippen molar-refractivity contribution >= 4 is 22.8 Å². The topological polar surface area (TPSA) is 57.5 Å². The van der Waals surface area contributed by atoms with Crippen molar-refractivity contribution in [3.63, 3.8) is 0 Å². The summed E-state index contributed by atoms with van der Waals surface area (Å²) in [6.07, 6.45) is 21.5. The van der Waals surface area contributed by atoms with Crippen LogP contribution in [0.3, 0.4) is 0 Å². The van der Waals surface area contributed by atoms with Crippen molar-refractivity contribution in [2.75, 3.05) is 13.7 Å². The van der Waals surface area contributed by atoms with E-state index in [0.717, 1.165) is 31.2 Å². The summed E-state index contributed by atoms with van der Waals surface area (Å²) < 4.78 is 13.0. The van der Waals surface area contributed by atoms with Gasteiger partial charge in [-0.2, -0.15) is 0 Å². The lowest BCUT2D eigenvalue weighted by molar-refractivity contribution is -0.136. The van der Waals surface area contributed by atoms with Gasteiger partial charge in [-0.1, -0.05) is 69.7 Å². The summed E-state index contributed by atoms with van der Waals surface area (Å²) in [5.74, 6) is 2.68. The van der Waals surface area contributed by atoms with E-state index in [0.29, 0.717) is 36.1 Å². The number of rotatable bonds is 6. The lowest BCUT2D eigenvalue weighted by Crippen LogP contribution is -2.17. The van der Waals surface area contributed by atoms with E-state index in [9.17, 15) is 9.59 Å². The Morgan fingerprint density at radius 1 is 1.16 bits per heavy atom. The van der Waals surface area contributed by atoms with E-state index in [1.807, 2.05) is 24.3 Å². The fraction of sp³-hybridized carbons (Fsp3) is 0.515. The normalized spacial score (nSPS) is 22.8. The number of benzene rings is 1. The fourth-order valence-corrected chi connectivity index (χ4v) is 5.93. The smallest absolute Gasteiger partial charge is 0.338 e. The molecule has 0 radical (unpaired) electrons. The molecule has 2 atom stereocenters. The third kappa shape index (κ3) is 6.23. The first-order chi connectivity index (χ1) is 18.5. The van der Waals surface area contributed by atoms with Crippen LogP contribution in [-0.4, -0.2) is 30.2 Å². The molecule has 0 spiro atoms. The van der Waals surface area contributed by atoms with Crippen molar-refractivity contribution in [3.05, 3.63) is 58.8 Å². The maximum absolute atomic E-state index is 12.9. The van der Waals surface area contributed by atoms with Crippen LogP contribution in [0.1, 0.15) is 92.7 Å². The average molecular weight is 516 g/mol. The molecule has 2 heterocycles. The van der Waals surface area contributed by atoms with E-state index < -0.39 is 0 Å². The van der Waals surface area contributed by atoms with Crippen LogP contribution < -0.4 is 0 Å². The number of esters is 2. The highest BCUT2D eigenvalue weighted by Crippen LogP contribution is 2.42. The number of nitrogens with zero attached hydrogens (tertiary/aromatic N) is 1. The number of unbranched alkanes of at least 4 members (excludes halogenated alkanes) is 1. The average Bonchev–Trinajstić information content (AvgIpc) is 3.21. The van der Waals surface area contributed by atoms with Crippen LogP contribution in [0.15, 0.2) is 42.0 Å². The molecule has 38 heavy (non-hydrogen) atoms. The highest BCUT2D eigenvalue weighted by molar-refractivity contribution is 5.97. The summed E-state index contributed by atoms with van der Waals surface area (Å²) in [6, 6.07) is 5.95. The Morgan fingerprint density at radius 3 is 2.66 bits per heavy atom. The minimum Gasteiger partial charge on any atom is -0.466 e. The van der Waals surface area contributed by atoms with Gasteiger partial charge in [-0.05, 0) is 61.6 Å². The molecule has 1 fully saturated rings. The standard InChI is InChI=1S/C33H41NO4/c1-5-7-18-38-33(36)26-16-17-28-29(21-26)34-22-27(32(35)37-4)20-24(6-2)13-11-12-23(3)19-30(34)31(28)25-14-9-8-10-15-25/h2,11,13,16-17,20-21,23-25H,5,7-10,12,14-15,18-19,22H2,1,3-4H3/b13-11-,27-20+/t23-,24?/m1/s1. The number of hydrogen-bond donors (Lipinski definition) is 0. The maximum Gasteiger partial charge on any atom is 0.338 e. The summed E-state index contributed by atoms with van der Waals surface area (Å²) in [5, 5.41) is 1.18. The van der Waals surface area contributed by atoms with Crippen LogP contribution in [-0.2, 0) is 27.2 Å². The minimum absolute atomic E-state index is 0.290. The van der Waals surface area contributed by atoms with Gasteiger partial charge < -0.3 is 14.0 Å². The van der Waals surface area contributed by atoms with Gasteiger partial charge >= 0.3 is 11.9 Å². The summed E-state index contributed by atoms with van der Waals surface area (Å²) in [7, 11) is 1.41. The van der Waals surface area contributed by atoms with E-state index in [2.05, 4.69) is 36.5 Å². The van der Waals surface area contributed by atoms with Gasteiger partial charge in [0.2, 0.25) is 0 Å². The van der Waals surface area contributed by atoms with Crippen molar-refractivity contribution in [1.82, 2.24) is 4.57 Å². The Bertz CT molecular complexity index is 1250. The molecule has 1 saturated carbocycles. The monoisotopic (exact) mass is 515 g/mol. The zero-order chi connectivity index (χ0) is 27.1. The summed E-state index contributed by atoms with van der Waals surface area (Å²) in [4.78, 5) is 25.9. The Morgan fingerprint density at radius 2 is 1.95 bits per heavy atom. The zero-order valence-corrected chi connectivity index (χ0v) is 23.1. The summed E-state index contributed by atoms with van der Waals surface area (Å²) >= 11 is 0. The molecule has 202 valence electrons. The number of fused-ring (bicyclic) bond motifs is 3. The lowest BCUT2D eigenvalue weighted by Gasteiger charge is -2.24. The second-order valence-electron chi connectivity index (χ2n) is 10.9. The van der Waals surface area contributed by atoms with E-state index >= 15 is 0 Å². The highest BCUT2D eigenvalue weighted by Gasteiger charge is 2.28. The van der Waals surface area contributed by atoms with E-state index in [1.165, 1.54) is 55.9 Å². The molecule has 5 nitrogen and oxygen atoms in total. The van der Waals surface area contributed by atoms with Crippen LogP contribution in [0.25, 0.3) is 10.9 Å². The minimum atomic E-state index is -0.381. The molecule has 5 heteroatoms. The Balaban J connectivity index is 1.92. The van der Waals surface area contributed by atoms with Crippen LogP contribution in [0.4, 0.5) is 0 Å². The summed E-state index contributed by atoms with van der Waals surface area (Å²) in [5.41, 5.74) is 4.69. The van der Waals surface area contributed by atoms with E-state index in [4.69, 9.17) is 15.9 Å². The molecule has 1 unspecified atom stereocenters. The first kappa shape index (κ1) is 27.8. The number of allylic oxidation sites excluding steroid dienone is 3. The van der Waals surface area contributed by atoms with Gasteiger partial charge in [0.05, 0.1) is 37.3 Å². The van der Waals surface area contributed by atoms with Crippen LogP contribution in [0.2, 0.25) is 0 Å². The molecule has 2 aliphatic rings. The molecular weight excluding hydrogens is 474 g/mol. The van der Waals surface area contributed by atoms with Crippen molar-refractivity contribution < 1.29 is 19.1 Å². The number of methoxy groups -OCH3 is 1. The van der Waals surface area contributed by atoms with Crippen LogP contribution in [0, 0.1) is 24.2 Å². The molecule has 0 bridgehead atoms. The largest absolute Gasteiger partial charge is 0.466 e. The van der Waals surface area contributed by atoms with Crippen LogP contribution >= 0.6 is 0 Å². The quantitative estimate of drug-likeness (QED) is 0.178. The summed E-state index contributed by atoms with van der Waals surface area (Å²) in [6.45, 7) is 5.11. The molecule has 0 amide bonds. The molecule has 1 aromatic carbocycles. The van der Waals surface area contributed by atoms with Gasteiger partial charge in [-0.15, -0.1) is 6.42 Å². The number of carbonyl (C=O) groups is 2. The number of ether oxygens (including phenoxy) is 2. The fourth-order valence-electron chi connectivity index (χ4n) is 5.93. The Hall–Kier alpha value is -3.26. The zero-order valence-electron chi connectivity index (χ0n) is 23.1.